The van der Waals surface area contributed by atoms with E-state index in [-0.39, 0.29) is 30.2 Å². The molecule has 0 saturated heterocycles. The van der Waals surface area contributed by atoms with Gasteiger partial charge in [-0.25, -0.2) is 0 Å². The number of nitrogens with one attached hydrogen (secondary N) is 2. The lowest BCUT2D eigenvalue weighted by Crippen LogP contribution is -2.56. The minimum absolute atomic E-state index is 0.0514. The first-order valence-corrected chi connectivity index (χ1v) is 19.5. The molecule has 9 nitrogen and oxygen atoms in total. The summed E-state index contributed by atoms with van der Waals surface area (Å²) in [5, 5.41) is 6.53. The van der Waals surface area contributed by atoms with Gasteiger partial charge < -0.3 is 32.7 Å². The molecule has 2 rings (SSSR count). The summed E-state index contributed by atoms with van der Waals surface area (Å²) in [5.74, 6) is -0.680. The Balaban J connectivity index is 2.18. The second kappa shape index (κ2) is 26.3. The average Bonchev–Trinajstić information content (AvgIpc) is 3.07. The molecule has 2 atom stereocenters. The van der Waals surface area contributed by atoms with E-state index in [1.807, 2.05) is 0 Å². The van der Waals surface area contributed by atoms with Crippen LogP contribution < -0.4 is 27.8 Å². The Morgan fingerprint density at radius 3 is 1.33 bits per heavy atom. The summed E-state index contributed by atoms with van der Waals surface area (Å²) in [6.45, 7) is 1.38. The Morgan fingerprint density at radius 2 is 0.935 bits per heavy atom. The molecule has 8 N–H and O–H groups in total. The van der Waals surface area contributed by atoms with Crippen molar-refractivity contribution < 1.29 is 14.4 Å². The SMILES string of the molecule is NCCN(CCN)C(=O)CC(N)C(=O)NC(C(=O)NC1CCCCCCCCCCCC1)C1CCCCCCCCCCCCC1. The predicted octanol–water partition coefficient (Wildman–Crippen LogP) is 5.82. The van der Waals surface area contributed by atoms with E-state index in [0.29, 0.717) is 26.2 Å². The summed E-state index contributed by atoms with van der Waals surface area (Å²) in [6.07, 6.45) is 29.6. The van der Waals surface area contributed by atoms with Gasteiger partial charge in [0, 0.05) is 32.2 Å². The average molecular weight is 649 g/mol. The van der Waals surface area contributed by atoms with Crippen LogP contribution in [0.4, 0.5) is 0 Å². The highest BCUT2D eigenvalue weighted by molar-refractivity contribution is 5.92. The first kappa shape index (κ1) is 40.5. The van der Waals surface area contributed by atoms with Crippen molar-refractivity contribution >= 4 is 17.7 Å². The summed E-state index contributed by atoms with van der Waals surface area (Å²) in [5.41, 5.74) is 17.7. The van der Waals surface area contributed by atoms with E-state index in [9.17, 15) is 14.4 Å². The van der Waals surface area contributed by atoms with Crippen LogP contribution in [0, 0.1) is 5.92 Å². The van der Waals surface area contributed by atoms with E-state index in [1.54, 1.807) is 4.90 Å². The Hall–Kier alpha value is -1.71. The van der Waals surface area contributed by atoms with Gasteiger partial charge in [-0.1, -0.05) is 135 Å². The van der Waals surface area contributed by atoms with E-state index in [2.05, 4.69) is 10.6 Å². The molecule has 0 aliphatic heterocycles. The van der Waals surface area contributed by atoms with Crippen molar-refractivity contribution in [3.05, 3.63) is 0 Å². The van der Waals surface area contributed by atoms with Crippen LogP contribution in [0.2, 0.25) is 0 Å². The third-order valence-corrected chi connectivity index (χ3v) is 10.3. The molecular formula is C37H72N6O3. The Morgan fingerprint density at radius 1 is 0.565 bits per heavy atom. The zero-order chi connectivity index (χ0) is 33.2. The molecule has 0 bridgehead atoms. The molecule has 0 heterocycles. The van der Waals surface area contributed by atoms with Crippen LogP contribution in [-0.2, 0) is 14.4 Å². The molecule has 2 aliphatic rings. The maximum absolute atomic E-state index is 14.2. The summed E-state index contributed by atoms with van der Waals surface area (Å²) in [7, 11) is 0. The molecule has 2 unspecified atom stereocenters. The van der Waals surface area contributed by atoms with E-state index >= 15 is 0 Å². The van der Waals surface area contributed by atoms with Gasteiger partial charge in [0.2, 0.25) is 17.7 Å². The molecule has 2 saturated carbocycles. The minimum atomic E-state index is -1.04. The summed E-state index contributed by atoms with van der Waals surface area (Å²) < 4.78 is 0. The van der Waals surface area contributed by atoms with Crippen LogP contribution in [0.15, 0.2) is 0 Å². The summed E-state index contributed by atoms with van der Waals surface area (Å²) in [6, 6.07) is -1.55. The van der Waals surface area contributed by atoms with E-state index < -0.39 is 18.0 Å². The van der Waals surface area contributed by atoms with Gasteiger partial charge in [-0.05, 0) is 31.6 Å². The van der Waals surface area contributed by atoms with Crippen molar-refractivity contribution in [2.24, 2.45) is 23.1 Å². The van der Waals surface area contributed by atoms with Gasteiger partial charge in [0.15, 0.2) is 0 Å². The molecule has 0 spiro atoms. The highest BCUT2D eigenvalue weighted by atomic mass is 16.2. The third-order valence-electron chi connectivity index (χ3n) is 10.3. The molecule has 0 radical (unpaired) electrons. The van der Waals surface area contributed by atoms with Crippen molar-refractivity contribution in [1.29, 1.82) is 0 Å². The Labute approximate surface area is 281 Å². The topological polar surface area (TPSA) is 157 Å². The summed E-state index contributed by atoms with van der Waals surface area (Å²) in [4.78, 5) is 42.3. The van der Waals surface area contributed by atoms with Gasteiger partial charge in [-0.2, -0.15) is 0 Å². The van der Waals surface area contributed by atoms with Crippen LogP contribution in [0.1, 0.15) is 167 Å². The van der Waals surface area contributed by atoms with Crippen LogP contribution in [0.25, 0.3) is 0 Å². The van der Waals surface area contributed by atoms with E-state index in [4.69, 9.17) is 17.2 Å². The Bertz CT molecular complexity index is 778. The lowest BCUT2D eigenvalue weighted by atomic mass is 9.86. The maximum Gasteiger partial charge on any atom is 0.243 e. The van der Waals surface area contributed by atoms with Gasteiger partial charge in [0.25, 0.3) is 0 Å². The number of nitrogens with zero attached hydrogens (tertiary/aromatic N) is 1. The lowest BCUT2D eigenvalue weighted by molar-refractivity contribution is -0.135. The zero-order valence-electron chi connectivity index (χ0n) is 29.4. The first-order chi connectivity index (χ1) is 22.5. The number of carbonyl (C=O) groups is 3. The molecule has 46 heavy (non-hydrogen) atoms. The monoisotopic (exact) mass is 649 g/mol. The number of carbonyl (C=O) groups excluding carboxylic acids is 3. The predicted molar refractivity (Wildman–Crippen MR) is 190 cm³/mol. The number of nitrogens with two attached hydrogens (primary N) is 3. The van der Waals surface area contributed by atoms with Crippen LogP contribution in [0.5, 0.6) is 0 Å². The smallest absolute Gasteiger partial charge is 0.243 e. The van der Waals surface area contributed by atoms with E-state index in [1.165, 1.54) is 96.3 Å². The highest BCUT2D eigenvalue weighted by Gasteiger charge is 2.33. The fourth-order valence-corrected chi connectivity index (χ4v) is 7.40. The molecule has 3 amide bonds. The molecular weight excluding hydrogens is 576 g/mol. The molecule has 0 aromatic carbocycles. The van der Waals surface area contributed by atoms with Crippen LogP contribution >= 0.6 is 0 Å². The number of hydrogen-bond donors (Lipinski definition) is 5. The van der Waals surface area contributed by atoms with Crippen LogP contribution in [-0.4, -0.2) is 66.9 Å². The maximum atomic E-state index is 14.2. The van der Waals surface area contributed by atoms with Gasteiger partial charge in [0.1, 0.15) is 6.04 Å². The lowest BCUT2D eigenvalue weighted by Gasteiger charge is -2.31. The Kier molecular flexibility index (Phi) is 23.1. The number of amides is 3. The zero-order valence-corrected chi connectivity index (χ0v) is 29.4. The standard InChI is InChI=1S/C37H72N6O3/c38-26-28-43(29-27-39)34(44)30-33(40)36(45)42-35(31-22-18-14-10-6-2-1-3-7-11-15-19-23-31)37(46)41-32-24-20-16-12-8-4-5-9-13-17-21-25-32/h31-33,35H,1-30,38-40H2,(H,41,46)(H,42,45). The second-order valence-corrected chi connectivity index (χ2v) is 14.3. The molecule has 268 valence electrons. The van der Waals surface area contributed by atoms with Gasteiger partial charge in [0.05, 0.1) is 12.5 Å². The molecule has 2 aliphatic carbocycles. The summed E-state index contributed by atoms with van der Waals surface area (Å²) >= 11 is 0. The quantitative estimate of drug-likeness (QED) is 0.190. The molecule has 0 aromatic rings. The van der Waals surface area contributed by atoms with Crippen molar-refractivity contribution in [3.8, 4) is 0 Å². The minimum Gasteiger partial charge on any atom is -0.352 e. The molecule has 2 fully saturated rings. The van der Waals surface area contributed by atoms with Crippen LogP contribution in [0.3, 0.4) is 0 Å². The normalized spacial score (nSPS) is 21.3. The van der Waals surface area contributed by atoms with Gasteiger partial charge in [-0.3, -0.25) is 14.4 Å². The number of hydrogen-bond acceptors (Lipinski definition) is 6. The third kappa shape index (κ3) is 18.0. The first-order valence-electron chi connectivity index (χ1n) is 19.5. The fourth-order valence-electron chi connectivity index (χ4n) is 7.40. The van der Waals surface area contributed by atoms with Crippen molar-refractivity contribution in [3.63, 3.8) is 0 Å². The highest BCUT2D eigenvalue weighted by Crippen LogP contribution is 2.25. The number of rotatable bonds is 11. The van der Waals surface area contributed by atoms with Gasteiger partial charge in [-0.15, -0.1) is 0 Å². The second-order valence-electron chi connectivity index (χ2n) is 14.3. The van der Waals surface area contributed by atoms with Crippen molar-refractivity contribution in [2.45, 2.75) is 185 Å². The van der Waals surface area contributed by atoms with Gasteiger partial charge >= 0.3 is 0 Å². The molecule has 9 heteroatoms. The molecule has 0 aromatic heterocycles. The fraction of sp³-hybridized carbons (Fsp3) is 0.919. The van der Waals surface area contributed by atoms with Crippen molar-refractivity contribution in [1.82, 2.24) is 15.5 Å². The largest absolute Gasteiger partial charge is 0.352 e. The van der Waals surface area contributed by atoms with Crippen molar-refractivity contribution in [2.75, 3.05) is 26.2 Å². The van der Waals surface area contributed by atoms with E-state index in [0.717, 1.165) is 64.2 Å².